The van der Waals surface area contributed by atoms with Gasteiger partial charge in [-0.15, -0.1) is 0 Å². The number of aromatic nitrogens is 1. The van der Waals surface area contributed by atoms with Crippen LogP contribution in [0.25, 0.3) is 0 Å². The highest BCUT2D eigenvalue weighted by molar-refractivity contribution is 5.92. The van der Waals surface area contributed by atoms with Crippen LogP contribution >= 0.6 is 0 Å². The quantitative estimate of drug-likeness (QED) is 0.947. The first-order valence-electron chi connectivity index (χ1n) is 7.91. The molecule has 1 N–H and O–H groups in total. The maximum atomic E-state index is 12.2. The first-order chi connectivity index (χ1) is 10.6. The Hall–Kier alpha value is -2.10. The minimum atomic E-state index is -0.147. The van der Waals surface area contributed by atoms with Crippen molar-refractivity contribution in [3.8, 4) is 0 Å². The number of fused-ring (bicyclic) bond motifs is 2. The lowest BCUT2D eigenvalue weighted by Crippen LogP contribution is -2.27. The molecule has 4 rings (SSSR count). The molecule has 0 unspecified atom stereocenters. The van der Waals surface area contributed by atoms with Gasteiger partial charge < -0.3 is 9.73 Å². The van der Waals surface area contributed by atoms with E-state index in [2.05, 4.69) is 34.6 Å². The van der Waals surface area contributed by atoms with Crippen molar-refractivity contribution in [2.75, 3.05) is 6.54 Å². The summed E-state index contributed by atoms with van der Waals surface area (Å²) in [5.74, 6) is 1.28. The van der Waals surface area contributed by atoms with Crippen LogP contribution in [0.4, 0.5) is 0 Å². The number of nitrogens with one attached hydrogen (secondary N) is 1. The van der Waals surface area contributed by atoms with Crippen LogP contribution in [0.2, 0.25) is 0 Å². The van der Waals surface area contributed by atoms with Gasteiger partial charge in [-0.2, -0.15) is 0 Å². The Bertz CT molecular complexity index is 749. The predicted molar refractivity (Wildman–Crippen MR) is 82.9 cm³/mol. The van der Waals surface area contributed by atoms with Crippen molar-refractivity contribution in [1.82, 2.24) is 10.3 Å². The second-order valence-electron chi connectivity index (χ2n) is 6.57. The molecule has 0 saturated heterocycles. The molecular weight excluding hydrogens is 276 g/mol. The maximum Gasteiger partial charge on any atom is 0.289 e. The first kappa shape index (κ1) is 13.6. The van der Waals surface area contributed by atoms with E-state index in [9.17, 15) is 4.79 Å². The minimum Gasteiger partial charge on any atom is -0.436 e. The third-order valence-corrected chi connectivity index (χ3v) is 5.24. The molecule has 0 radical (unpaired) electrons. The lowest BCUT2D eigenvalue weighted by Gasteiger charge is -2.11. The van der Waals surface area contributed by atoms with Gasteiger partial charge in [0.15, 0.2) is 5.89 Å². The molecule has 4 heteroatoms. The van der Waals surface area contributed by atoms with Gasteiger partial charge in [-0.05, 0) is 43.2 Å². The van der Waals surface area contributed by atoms with Crippen LogP contribution in [0.5, 0.6) is 0 Å². The summed E-state index contributed by atoms with van der Waals surface area (Å²) < 4.78 is 5.38. The molecule has 4 nitrogen and oxygen atoms in total. The number of carbonyl (C=O) groups excluding carboxylic acids is 1. The number of rotatable bonds is 3. The zero-order valence-electron chi connectivity index (χ0n) is 13.0. The van der Waals surface area contributed by atoms with Gasteiger partial charge in [-0.3, -0.25) is 4.79 Å². The van der Waals surface area contributed by atoms with E-state index in [4.69, 9.17) is 4.42 Å². The van der Waals surface area contributed by atoms with Gasteiger partial charge in [0.25, 0.3) is 5.91 Å². The highest BCUT2D eigenvalue weighted by Gasteiger charge is 2.57. The van der Waals surface area contributed by atoms with Crippen molar-refractivity contribution in [3.63, 3.8) is 0 Å². The maximum absolute atomic E-state index is 12.2. The SMILES string of the molecule is Cc1nc(C)c(C(=O)NC[C@H]2C[C@@]23CCc2ccccc23)o1. The predicted octanol–water partition coefficient (Wildman–Crippen LogP) is 2.93. The first-order valence-corrected chi connectivity index (χ1v) is 7.91. The van der Waals surface area contributed by atoms with Gasteiger partial charge in [0.2, 0.25) is 5.76 Å². The fourth-order valence-electron chi connectivity index (χ4n) is 4.04. The van der Waals surface area contributed by atoms with Crippen LogP contribution < -0.4 is 5.32 Å². The molecule has 0 aliphatic heterocycles. The molecule has 1 spiro atoms. The Kier molecular flexibility index (Phi) is 2.90. The molecule has 1 amide bonds. The fraction of sp³-hybridized carbons (Fsp3) is 0.444. The van der Waals surface area contributed by atoms with E-state index in [1.165, 1.54) is 30.4 Å². The van der Waals surface area contributed by atoms with Crippen molar-refractivity contribution in [3.05, 3.63) is 52.7 Å². The van der Waals surface area contributed by atoms with Crippen molar-refractivity contribution in [2.45, 2.75) is 38.5 Å². The zero-order valence-corrected chi connectivity index (χ0v) is 13.0. The number of nitrogens with zero attached hydrogens (tertiary/aromatic N) is 1. The van der Waals surface area contributed by atoms with Crippen LogP contribution in [0.1, 0.15) is 46.1 Å². The Morgan fingerprint density at radius 3 is 3.00 bits per heavy atom. The van der Waals surface area contributed by atoms with Gasteiger partial charge >= 0.3 is 0 Å². The second-order valence-corrected chi connectivity index (χ2v) is 6.57. The van der Waals surface area contributed by atoms with Crippen molar-refractivity contribution in [2.24, 2.45) is 5.92 Å². The highest BCUT2D eigenvalue weighted by atomic mass is 16.4. The Morgan fingerprint density at radius 2 is 2.23 bits per heavy atom. The Labute approximate surface area is 129 Å². The van der Waals surface area contributed by atoms with Crippen molar-refractivity contribution >= 4 is 5.91 Å². The average molecular weight is 296 g/mol. The molecule has 2 aromatic rings. The molecule has 1 heterocycles. The van der Waals surface area contributed by atoms with Gasteiger partial charge in [0, 0.05) is 18.9 Å². The Morgan fingerprint density at radius 1 is 1.41 bits per heavy atom. The molecule has 1 aromatic heterocycles. The number of oxazole rings is 1. The molecule has 22 heavy (non-hydrogen) atoms. The third kappa shape index (κ3) is 1.97. The second kappa shape index (κ2) is 4.70. The molecule has 2 aliphatic rings. The molecule has 1 aromatic carbocycles. The zero-order chi connectivity index (χ0) is 15.3. The summed E-state index contributed by atoms with van der Waals surface area (Å²) in [6, 6.07) is 8.74. The smallest absolute Gasteiger partial charge is 0.289 e. The van der Waals surface area contributed by atoms with Gasteiger partial charge in [-0.1, -0.05) is 24.3 Å². The standard InChI is InChI=1S/C18H20N2O2/c1-11-16(22-12(2)20-11)17(21)19-10-14-9-18(14)8-7-13-5-3-4-6-15(13)18/h3-6,14H,7-10H2,1-2H3,(H,19,21)/t14-,18+/m1/s1. The molecule has 114 valence electrons. The monoisotopic (exact) mass is 296 g/mol. The summed E-state index contributed by atoms with van der Waals surface area (Å²) in [5.41, 5.74) is 3.96. The topological polar surface area (TPSA) is 55.1 Å². The highest BCUT2D eigenvalue weighted by Crippen LogP contribution is 2.61. The van der Waals surface area contributed by atoms with Crippen LogP contribution in [0.15, 0.2) is 28.7 Å². The molecule has 2 atom stereocenters. The normalized spacial score (nSPS) is 25.3. The number of hydrogen-bond donors (Lipinski definition) is 1. The molecule has 0 bridgehead atoms. The lowest BCUT2D eigenvalue weighted by molar-refractivity contribution is 0.0921. The largest absolute Gasteiger partial charge is 0.436 e. The summed E-state index contributed by atoms with van der Waals surface area (Å²) in [6.07, 6.45) is 3.56. The van der Waals surface area contributed by atoms with Crippen molar-refractivity contribution in [1.29, 1.82) is 0 Å². The summed E-state index contributed by atoms with van der Waals surface area (Å²) in [6.45, 7) is 4.28. The minimum absolute atomic E-state index is 0.147. The number of hydrogen-bond acceptors (Lipinski definition) is 3. The average Bonchev–Trinajstić information content (AvgIpc) is 2.93. The van der Waals surface area contributed by atoms with Crippen LogP contribution in [-0.2, 0) is 11.8 Å². The van der Waals surface area contributed by atoms with E-state index in [1.54, 1.807) is 13.8 Å². The molecule has 1 fully saturated rings. The summed E-state index contributed by atoms with van der Waals surface area (Å²) >= 11 is 0. The molecular formula is C18H20N2O2. The van der Waals surface area contributed by atoms with Crippen LogP contribution in [-0.4, -0.2) is 17.4 Å². The van der Waals surface area contributed by atoms with Crippen LogP contribution in [0, 0.1) is 19.8 Å². The van der Waals surface area contributed by atoms with E-state index < -0.39 is 0 Å². The van der Waals surface area contributed by atoms with Crippen molar-refractivity contribution < 1.29 is 9.21 Å². The number of carbonyl (C=O) groups is 1. The van der Waals surface area contributed by atoms with E-state index in [0.717, 1.165) is 0 Å². The summed E-state index contributed by atoms with van der Waals surface area (Å²) in [5, 5.41) is 3.02. The summed E-state index contributed by atoms with van der Waals surface area (Å²) in [4.78, 5) is 16.4. The lowest BCUT2D eigenvalue weighted by atomic mass is 9.95. The van der Waals surface area contributed by atoms with E-state index in [-0.39, 0.29) is 5.91 Å². The van der Waals surface area contributed by atoms with Gasteiger partial charge in [0.1, 0.15) is 0 Å². The van der Waals surface area contributed by atoms with Gasteiger partial charge in [0.05, 0.1) is 5.69 Å². The number of aryl methyl sites for hydroxylation is 3. The van der Waals surface area contributed by atoms with Crippen LogP contribution in [0.3, 0.4) is 0 Å². The number of benzene rings is 1. The fourth-order valence-corrected chi connectivity index (χ4v) is 4.04. The van der Waals surface area contributed by atoms with Gasteiger partial charge in [-0.25, -0.2) is 4.98 Å². The third-order valence-electron chi connectivity index (χ3n) is 5.24. The summed E-state index contributed by atoms with van der Waals surface area (Å²) in [7, 11) is 0. The van der Waals surface area contributed by atoms with E-state index in [1.807, 2.05) is 0 Å². The number of amides is 1. The molecule has 1 saturated carbocycles. The Balaban J connectivity index is 1.43. The van der Waals surface area contributed by atoms with E-state index in [0.29, 0.717) is 35.2 Å². The van der Waals surface area contributed by atoms with E-state index >= 15 is 0 Å². The molecule has 2 aliphatic carbocycles.